The zero-order chi connectivity index (χ0) is 21.6. The Hall–Kier alpha value is -3.38. The molecule has 2 heterocycles. The van der Waals surface area contributed by atoms with Crippen molar-refractivity contribution in [2.45, 2.75) is 38.3 Å². The molecule has 6 rings (SSSR count). The summed E-state index contributed by atoms with van der Waals surface area (Å²) in [5, 5.41) is 23.8. The molecule has 0 spiro atoms. The Kier molecular flexibility index (Phi) is 4.48. The van der Waals surface area contributed by atoms with Gasteiger partial charge in [0.1, 0.15) is 11.9 Å². The van der Waals surface area contributed by atoms with Gasteiger partial charge in [0.05, 0.1) is 37.1 Å². The van der Waals surface area contributed by atoms with Crippen molar-refractivity contribution in [3.05, 3.63) is 53.2 Å². The number of aliphatic hydroxyl groups is 1. The second-order valence-corrected chi connectivity index (χ2v) is 8.63. The average Bonchev–Trinajstić information content (AvgIpc) is 3.22. The Bertz CT molecular complexity index is 1090. The van der Waals surface area contributed by atoms with Crippen LogP contribution in [0.2, 0.25) is 0 Å². The van der Waals surface area contributed by atoms with Crippen LogP contribution in [0.3, 0.4) is 0 Å². The molecule has 158 valence electrons. The van der Waals surface area contributed by atoms with Crippen LogP contribution >= 0.6 is 0 Å². The lowest BCUT2D eigenvalue weighted by Gasteiger charge is -2.69. The molecule has 4 aliphatic rings. The van der Waals surface area contributed by atoms with Crippen molar-refractivity contribution in [3.63, 3.8) is 0 Å². The minimum atomic E-state index is -0.492. The third kappa shape index (κ3) is 3.06. The molecular weight excluding hydrogens is 401 g/mol. The molecule has 0 saturated heterocycles. The summed E-state index contributed by atoms with van der Waals surface area (Å²) in [6.45, 7) is 0.0414. The highest BCUT2D eigenvalue weighted by Gasteiger charge is 2.73. The second-order valence-electron chi connectivity index (χ2n) is 8.63. The van der Waals surface area contributed by atoms with E-state index in [1.165, 1.54) is 23.5 Å². The molecule has 1 aromatic carbocycles. The molecule has 3 fully saturated rings. The summed E-state index contributed by atoms with van der Waals surface area (Å²) in [4.78, 5) is 21.3. The van der Waals surface area contributed by atoms with Crippen LogP contribution in [-0.4, -0.2) is 38.8 Å². The maximum absolute atomic E-state index is 14.7. The lowest BCUT2D eigenvalue weighted by Crippen LogP contribution is -2.69. The highest BCUT2D eigenvalue weighted by atomic mass is 19.1. The smallest absolute Gasteiger partial charge is 0.249 e. The monoisotopic (exact) mass is 421 g/mol. The fourth-order valence-electron chi connectivity index (χ4n) is 5.14. The van der Waals surface area contributed by atoms with E-state index in [1.54, 1.807) is 18.3 Å². The first-order valence-corrected chi connectivity index (χ1v) is 10.1. The van der Waals surface area contributed by atoms with Crippen LogP contribution < -0.4 is 4.74 Å². The van der Waals surface area contributed by atoms with Gasteiger partial charge in [-0.15, -0.1) is 0 Å². The Morgan fingerprint density at radius 1 is 1.32 bits per heavy atom. The zero-order valence-electron chi connectivity index (χ0n) is 16.7. The molecule has 1 unspecified atom stereocenters. The number of nitriles is 1. The molecule has 1 amide bonds. The first-order chi connectivity index (χ1) is 15.0. The molecule has 3 aliphatic carbocycles. The van der Waals surface area contributed by atoms with E-state index >= 15 is 0 Å². The van der Waals surface area contributed by atoms with Crippen molar-refractivity contribution < 1.29 is 19.0 Å². The van der Waals surface area contributed by atoms with Gasteiger partial charge in [-0.25, -0.2) is 19.4 Å². The summed E-state index contributed by atoms with van der Waals surface area (Å²) in [7, 11) is 0. The van der Waals surface area contributed by atoms with Gasteiger partial charge in [0.25, 0.3) is 0 Å². The fraction of sp³-hybridized carbons (Fsp3) is 0.409. The van der Waals surface area contributed by atoms with Crippen LogP contribution in [0.15, 0.2) is 35.7 Å². The highest BCUT2D eigenvalue weighted by Crippen LogP contribution is 2.74. The molecule has 1 atom stereocenters. The van der Waals surface area contributed by atoms with Crippen molar-refractivity contribution in [1.82, 2.24) is 15.0 Å². The number of hydrogen-bond acceptors (Lipinski definition) is 7. The average molecular weight is 421 g/mol. The lowest BCUT2D eigenvalue weighted by molar-refractivity contribution is -0.227. The number of carbonyl (C=O) groups excluding carboxylic acids is 1. The molecule has 2 bridgehead atoms. The van der Waals surface area contributed by atoms with Crippen LogP contribution in [-0.2, 0) is 11.4 Å². The number of aliphatic hydroxyl groups excluding tert-OH is 1. The molecule has 2 aromatic rings. The summed E-state index contributed by atoms with van der Waals surface area (Å²) < 4.78 is 20.5. The van der Waals surface area contributed by atoms with Gasteiger partial charge in [0, 0.05) is 29.2 Å². The summed E-state index contributed by atoms with van der Waals surface area (Å²) in [6, 6.07) is 6.28. The molecule has 9 heteroatoms. The number of carbonyl (C=O) groups is 1. The van der Waals surface area contributed by atoms with Gasteiger partial charge < -0.3 is 9.84 Å². The minimum Gasteiger partial charge on any atom is -0.476 e. The van der Waals surface area contributed by atoms with Gasteiger partial charge in [-0.3, -0.25) is 4.79 Å². The second kappa shape index (κ2) is 7.10. The summed E-state index contributed by atoms with van der Waals surface area (Å²) in [6.07, 6.45) is 6.95. The van der Waals surface area contributed by atoms with Crippen LogP contribution in [0.25, 0.3) is 0 Å². The van der Waals surface area contributed by atoms with E-state index in [0.717, 1.165) is 0 Å². The Morgan fingerprint density at radius 3 is 2.81 bits per heavy atom. The quantitative estimate of drug-likeness (QED) is 0.767. The topological polar surface area (TPSA) is 112 Å². The molecule has 1 aromatic heterocycles. The summed E-state index contributed by atoms with van der Waals surface area (Å²) in [5.74, 6) is -0.211. The maximum atomic E-state index is 14.7. The van der Waals surface area contributed by atoms with Crippen molar-refractivity contribution >= 4 is 12.1 Å². The first kappa shape index (κ1) is 19.6. The van der Waals surface area contributed by atoms with Crippen LogP contribution in [0.4, 0.5) is 4.39 Å². The van der Waals surface area contributed by atoms with Gasteiger partial charge in [-0.2, -0.15) is 10.4 Å². The predicted molar refractivity (Wildman–Crippen MR) is 106 cm³/mol. The standard InChI is InChI=1S/C22H20FN5O3/c23-19-14(9-29)2-1-3-16(19)17-4-5-27-28(17)20(30)22-10-21(11-22,12-22)13-31-18-8-25-15(6-24)7-26-18/h1-3,5,7-8,17,29H,4,9-13H2. The Labute approximate surface area is 178 Å². The van der Waals surface area contributed by atoms with Crippen molar-refractivity contribution in [2.24, 2.45) is 15.9 Å². The van der Waals surface area contributed by atoms with Gasteiger partial charge in [-0.05, 0) is 19.3 Å². The van der Waals surface area contributed by atoms with Crippen LogP contribution in [0.5, 0.6) is 5.88 Å². The number of ether oxygens (including phenoxy) is 1. The zero-order valence-corrected chi connectivity index (χ0v) is 16.7. The van der Waals surface area contributed by atoms with Crippen molar-refractivity contribution in [2.75, 3.05) is 6.61 Å². The highest BCUT2D eigenvalue weighted by molar-refractivity contribution is 5.88. The SMILES string of the molecule is N#Cc1cnc(OCC23CC(C(=O)N4N=CCC4c4cccc(CO)c4F)(C2)C3)cn1. The van der Waals surface area contributed by atoms with E-state index in [0.29, 0.717) is 43.7 Å². The molecule has 1 aliphatic heterocycles. The number of hydrazone groups is 1. The van der Waals surface area contributed by atoms with E-state index in [2.05, 4.69) is 15.1 Å². The molecule has 31 heavy (non-hydrogen) atoms. The van der Waals surface area contributed by atoms with Crippen molar-refractivity contribution in [3.8, 4) is 11.9 Å². The van der Waals surface area contributed by atoms with E-state index in [9.17, 15) is 14.3 Å². The first-order valence-electron chi connectivity index (χ1n) is 10.1. The maximum Gasteiger partial charge on any atom is 0.249 e. The van der Waals surface area contributed by atoms with Crippen molar-refractivity contribution in [1.29, 1.82) is 5.26 Å². The van der Waals surface area contributed by atoms with Crippen LogP contribution in [0.1, 0.15) is 48.5 Å². The van der Waals surface area contributed by atoms with E-state index in [1.807, 2.05) is 6.07 Å². The van der Waals surface area contributed by atoms with Gasteiger partial charge in [0.2, 0.25) is 11.8 Å². The lowest BCUT2D eigenvalue weighted by atomic mass is 9.35. The summed E-state index contributed by atoms with van der Waals surface area (Å²) in [5.41, 5.74) is 0.284. The molecular formula is C22H20FN5O3. The third-order valence-corrected chi connectivity index (χ3v) is 6.54. The van der Waals surface area contributed by atoms with Crippen LogP contribution in [0, 0.1) is 28.0 Å². The predicted octanol–water partition coefficient (Wildman–Crippen LogP) is 2.49. The Balaban J connectivity index is 1.23. The number of benzene rings is 1. The van der Waals surface area contributed by atoms with Gasteiger partial charge >= 0.3 is 0 Å². The third-order valence-electron chi connectivity index (χ3n) is 6.54. The largest absolute Gasteiger partial charge is 0.476 e. The molecule has 0 radical (unpaired) electrons. The number of amides is 1. The minimum absolute atomic E-state index is 0.0633. The van der Waals surface area contributed by atoms with Gasteiger partial charge in [0.15, 0.2) is 5.69 Å². The molecule has 3 saturated carbocycles. The van der Waals surface area contributed by atoms with Gasteiger partial charge in [-0.1, -0.05) is 18.2 Å². The number of rotatable bonds is 6. The Morgan fingerprint density at radius 2 is 2.13 bits per heavy atom. The number of nitrogens with zero attached hydrogens (tertiary/aromatic N) is 5. The van der Waals surface area contributed by atoms with E-state index < -0.39 is 23.9 Å². The number of aromatic nitrogens is 2. The number of halogens is 1. The number of hydrogen-bond donors (Lipinski definition) is 1. The van der Waals surface area contributed by atoms with E-state index in [-0.39, 0.29) is 22.6 Å². The normalized spacial score (nSPS) is 27.9. The summed E-state index contributed by atoms with van der Waals surface area (Å²) >= 11 is 0. The van der Waals surface area contributed by atoms with E-state index in [4.69, 9.17) is 10.00 Å². The molecule has 1 N–H and O–H groups in total. The fourth-order valence-corrected chi connectivity index (χ4v) is 5.14. The molecule has 8 nitrogen and oxygen atoms in total.